The first-order valence-electron chi connectivity index (χ1n) is 10.7. The molecule has 1 N–H and O–H groups in total. The second-order valence-electron chi connectivity index (χ2n) is 8.02. The van der Waals surface area contributed by atoms with Gasteiger partial charge in [-0.3, -0.25) is 4.79 Å². The summed E-state index contributed by atoms with van der Waals surface area (Å²) < 4.78 is 0. The fraction of sp³-hybridized carbons (Fsp3) is 0.952. The highest BCUT2D eigenvalue weighted by Gasteiger charge is 2.37. The van der Waals surface area contributed by atoms with Crippen molar-refractivity contribution in [1.82, 2.24) is 0 Å². The molecule has 0 aliphatic heterocycles. The van der Waals surface area contributed by atoms with Crippen LogP contribution in [0.4, 0.5) is 0 Å². The molecule has 0 spiro atoms. The summed E-state index contributed by atoms with van der Waals surface area (Å²) in [6.45, 7) is 8.99. The maximum atomic E-state index is 12.0. The summed E-state index contributed by atoms with van der Waals surface area (Å²) >= 11 is 0. The van der Waals surface area contributed by atoms with Gasteiger partial charge in [0.2, 0.25) is 0 Å². The third-order valence-corrected chi connectivity index (χ3v) is 8.72. The van der Waals surface area contributed by atoms with Gasteiger partial charge in [0.05, 0.1) is 0 Å². The van der Waals surface area contributed by atoms with Crippen LogP contribution in [0.15, 0.2) is 0 Å². The minimum Gasteiger partial charge on any atom is -0.481 e. The van der Waals surface area contributed by atoms with Crippen LogP contribution in [0.25, 0.3) is 0 Å². The molecule has 0 aromatic carbocycles. The van der Waals surface area contributed by atoms with Gasteiger partial charge in [-0.25, -0.2) is 0 Å². The first kappa shape index (κ1) is 23.7. The Kier molecular flexibility index (Phi) is 14.8. The van der Waals surface area contributed by atoms with Gasteiger partial charge in [0.25, 0.3) is 0 Å². The van der Waals surface area contributed by atoms with Crippen LogP contribution in [0.1, 0.15) is 111 Å². The second kappa shape index (κ2) is 15.0. The molecular weight excluding hydrogens is 312 g/mol. The molecular formula is C21H44O2Si. The Morgan fingerprint density at radius 2 is 1.29 bits per heavy atom. The Labute approximate surface area is 154 Å². The van der Waals surface area contributed by atoms with Gasteiger partial charge in [-0.1, -0.05) is 104 Å². The fourth-order valence-corrected chi connectivity index (χ4v) is 6.09. The maximum Gasteiger partial charge on any atom is 0.303 e. The molecule has 0 amide bonds. The van der Waals surface area contributed by atoms with Crippen LogP contribution in [0, 0.1) is 5.41 Å². The van der Waals surface area contributed by atoms with Gasteiger partial charge in [0.15, 0.2) is 0 Å². The molecule has 0 saturated carbocycles. The number of hydrogen-bond donors (Lipinski definition) is 1. The van der Waals surface area contributed by atoms with E-state index in [9.17, 15) is 9.90 Å². The number of hydrogen-bond acceptors (Lipinski definition) is 1. The van der Waals surface area contributed by atoms with Crippen molar-refractivity contribution >= 4 is 15.5 Å². The monoisotopic (exact) mass is 356 g/mol. The van der Waals surface area contributed by atoms with E-state index in [4.69, 9.17) is 0 Å². The Bertz CT molecular complexity index is 290. The fourth-order valence-electron chi connectivity index (χ4n) is 3.92. The smallest absolute Gasteiger partial charge is 0.303 e. The van der Waals surface area contributed by atoms with Gasteiger partial charge in [0.1, 0.15) is 0 Å². The van der Waals surface area contributed by atoms with Gasteiger partial charge in [-0.15, -0.1) is 0 Å². The van der Waals surface area contributed by atoms with Crippen molar-refractivity contribution in [3.63, 3.8) is 0 Å². The van der Waals surface area contributed by atoms with Crippen molar-refractivity contribution in [2.75, 3.05) is 0 Å². The van der Waals surface area contributed by atoms with Crippen LogP contribution in [-0.2, 0) is 4.79 Å². The molecule has 2 nitrogen and oxygen atoms in total. The normalized spacial score (nSPS) is 13.7. The first-order chi connectivity index (χ1) is 11.5. The lowest BCUT2D eigenvalue weighted by Gasteiger charge is -2.36. The van der Waals surface area contributed by atoms with Crippen LogP contribution in [0.3, 0.4) is 0 Å². The molecule has 0 aromatic rings. The zero-order chi connectivity index (χ0) is 18.3. The van der Waals surface area contributed by atoms with E-state index in [1.54, 1.807) is 0 Å². The average Bonchev–Trinajstić information content (AvgIpc) is 2.54. The molecule has 3 heteroatoms. The molecule has 24 heavy (non-hydrogen) atoms. The number of carboxylic acid groups (broad SMARTS) is 1. The van der Waals surface area contributed by atoms with Gasteiger partial charge < -0.3 is 5.11 Å². The van der Waals surface area contributed by atoms with Crippen molar-refractivity contribution in [1.29, 1.82) is 0 Å². The maximum absolute atomic E-state index is 12.0. The highest BCUT2D eigenvalue weighted by Crippen LogP contribution is 2.43. The lowest BCUT2D eigenvalue weighted by atomic mass is 9.76. The number of aliphatic carboxylic acids is 1. The molecule has 0 aromatic heterocycles. The highest BCUT2D eigenvalue weighted by atomic mass is 28.2. The number of rotatable bonds is 17. The first-order valence-corrected chi connectivity index (χ1v) is 12.6. The van der Waals surface area contributed by atoms with E-state index >= 15 is 0 Å². The molecule has 0 heterocycles. The highest BCUT2D eigenvalue weighted by molar-refractivity contribution is 6.43. The molecule has 0 bridgehead atoms. The quantitative estimate of drug-likeness (QED) is 0.236. The number of carbonyl (C=O) groups is 1. The Morgan fingerprint density at radius 3 is 1.67 bits per heavy atom. The van der Waals surface area contributed by atoms with Crippen LogP contribution in [-0.4, -0.2) is 20.6 Å². The van der Waals surface area contributed by atoms with Crippen molar-refractivity contribution < 1.29 is 9.90 Å². The van der Waals surface area contributed by atoms with Gasteiger partial charge in [-0.05, 0) is 18.3 Å². The largest absolute Gasteiger partial charge is 0.481 e. The van der Waals surface area contributed by atoms with Crippen molar-refractivity contribution in [3.05, 3.63) is 0 Å². The van der Waals surface area contributed by atoms with Gasteiger partial charge >= 0.3 is 5.97 Å². The topological polar surface area (TPSA) is 37.3 Å². The minimum atomic E-state index is -0.514. The van der Waals surface area contributed by atoms with E-state index < -0.39 is 15.5 Å². The summed E-state index contributed by atoms with van der Waals surface area (Å²) in [7, 11) is -0.514. The zero-order valence-electron chi connectivity index (χ0n) is 17.0. The molecule has 1 atom stereocenters. The Morgan fingerprint density at radius 1 is 0.833 bits per heavy atom. The van der Waals surface area contributed by atoms with E-state index in [0.29, 0.717) is 0 Å². The lowest BCUT2D eigenvalue weighted by molar-refractivity contribution is -0.139. The average molecular weight is 357 g/mol. The van der Waals surface area contributed by atoms with Crippen molar-refractivity contribution in [3.8, 4) is 0 Å². The molecule has 0 aliphatic rings. The third kappa shape index (κ3) is 10.5. The summed E-state index contributed by atoms with van der Waals surface area (Å²) in [5, 5.41) is 9.85. The predicted octanol–water partition coefficient (Wildman–Crippen LogP) is 6.58. The van der Waals surface area contributed by atoms with Crippen molar-refractivity contribution in [2.24, 2.45) is 5.41 Å². The van der Waals surface area contributed by atoms with Crippen LogP contribution < -0.4 is 0 Å². The zero-order valence-corrected chi connectivity index (χ0v) is 18.5. The second-order valence-corrected chi connectivity index (χ2v) is 10.1. The lowest BCUT2D eigenvalue weighted by Crippen LogP contribution is -2.33. The summed E-state index contributed by atoms with van der Waals surface area (Å²) in [4.78, 5) is 12.0. The predicted molar refractivity (Wildman–Crippen MR) is 110 cm³/mol. The molecule has 0 rings (SSSR count). The van der Waals surface area contributed by atoms with Crippen LogP contribution in [0.5, 0.6) is 0 Å². The van der Waals surface area contributed by atoms with Crippen molar-refractivity contribution in [2.45, 2.75) is 123 Å². The standard InChI is InChI=1S/C21H44O2Si/c1-5-8-10-12-14-16-21(4,17-15-13-11-9-6-2)19(20(22)23)24-18-7-3/h19H,5-18,24H2,1-4H3,(H,22,23). The molecule has 1 unspecified atom stereocenters. The Balaban J connectivity index is 4.65. The van der Waals surface area contributed by atoms with E-state index in [0.717, 1.165) is 19.3 Å². The number of carboxylic acids is 1. The summed E-state index contributed by atoms with van der Waals surface area (Å²) in [6.07, 6.45) is 16.2. The van der Waals surface area contributed by atoms with Crippen LogP contribution in [0.2, 0.25) is 11.6 Å². The van der Waals surface area contributed by atoms with E-state index in [2.05, 4.69) is 27.7 Å². The number of unbranched alkanes of at least 4 members (excludes halogenated alkanes) is 8. The van der Waals surface area contributed by atoms with E-state index in [1.807, 2.05) is 0 Å². The van der Waals surface area contributed by atoms with Gasteiger partial charge in [-0.2, -0.15) is 0 Å². The van der Waals surface area contributed by atoms with E-state index in [-0.39, 0.29) is 11.0 Å². The summed E-state index contributed by atoms with van der Waals surface area (Å²) in [5.74, 6) is -0.500. The minimum absolute atomic E-state index is 0.0187. The molecule has 0 saturated heterocycles. The summed E-state index contributed by atoms with van der Waals surface area (Å²) in [5.41, 5.74) is 0.0286. The SMILES string of the molecule is CCCCCCCC(C)(CCCCCCC)C([SiH2]CCC)C(=O)O. The van der Waals surface area contributed by atoms with Crippen LogP contribution >= 0.6 is 0 Å². The van der Waals surface area contributed by atoms with E-state index in [1.165, 1.54) is 70.3 Å². The molecule has 144 valence electrons. The third-order valence-electron chi connectivity index (χ3n) is 5.69. The summed E-state index contributed by atoms with van der Waals surface area (Å²) in [6, 6.07) is 1.18. The molecule has 0 aliphatic carbocycles. The molecule has 0 radical (unpaired) electrons. The Hall–Kier alpha value is -0.313. The van der Waals surface area contributed by atoms with Gasteiger partial charge in [0, 0.05) is 15.1 Å². The molecule has 0 fully saturated rings.